The van der Waals surface area contributed by atoms with Crippen LogP contribution in [0.1, 0.15) is 40.9 Å². The van der Waals surface area contributed by atoms with Gasteiger partial charge in [0, 0.05) is 31.6 Å². The topological polar surface area (TPSA) is 40.6 Å². The highest BCUT2D eigenvalue weighted by atomic mass is 32.1. The van der Waals surface area contributed by atoms with Gasteiger partial charge in [0.1, 0.15) is 0 Å². The Balaban J connectivity index is 1.36. The maximum absolute atomic E-state index is 13.1. The fraction of sp³-hybridized carbons (Fsp3) is 0.429. The molecule has 0 unspecified atom stereocenters. The van der Waals surface area contributed by atoms with Crippen LogP contribution in [-0.2, 0) is 11.3 Å². The molecule has 0 spiro atoms. The number of rotatable bonds is 5. The van der Waals surface area contributed by atoms with Gasteiger partial charge in [0.05, 0.1) is 4.88 Å². The molecule has 2 aliphatic rings. The predicted molar refractivity (Wildman–Crippen MR) is 103 cm³/mol. The number of likely N-dealkylation sites (tertiary alicyclic amines) is 1. The Bertz CT molecular complexity index is 748. The van der Waals surface area contributed by atoms with Crippen molar-refractivity contribution in [2.75, 3.05) is 13.1 Å². The molecule has 26 heavy (non-hydrogen) atoms. The molecule has 1 aliphatic carbocycles. The number of benzene rings is 1. The van der Waals surface area contributed by atoms with E-state index >= 15 is 0 Å². The third-order valence-electron chi connectivity index (χ3n) is 5.33. The molecule has 0 radical (unpaired) electrons. The molecule has 1 saturated carbocycles. The second-order valence-corrected chi connectivity index (χ2v) is 8.17. The molecule has 1 aliphatic heterocycles. The standard InChI is InChI=1S/C21H24N2O2S/c24-20(23(18-8-9-18)15-16-5-2-1-3-6-16)17-10-12-22(13-11-17)21(25)19-7-4-14-26-19/h1-7,14,17-18H,8-13,15H2. The summed E-state index contributed by atoms with van der Waals surface area (Å²) < 4.78 is 0. The lowest BCUT2D eigenvalue weighted by molar-refractivity contribution is -0.138. The summed E-state index contributed by atoms with van der Waals surface area (Å²) in [6, 6.07) is 14.4. The molecule has 2 amide bonds. The molecule has 1 aromatic heterocycles. The zero-order valence-electron chi connectivity index (χ0n) is 14.8. The summed E-state index contributed by atoms with van der Waals surface area (Å²) in [5.41, 5.74) is 1.19. The van der Waals surface area contributed by atoms with Gasteiger partial charge in [-0.15, -0.1) is 11.3 Å². The first-order valence-electron chi connectivity index (χ1n) is 9.39. The number of hydrogen-bond acceptors (Lipinski definition) is 3. The Morgan fingerprint density at radius 1 is 1.00 bits per heavy atom. The van der Waals surface area contributed by atoms with Crippen LogP contribution in [0.3, 0.4) is 0 Å². The highest BCUT2D eigenvalue weighted by Crippen LogP contribution is 2.32. The van der Waals surface area contributed by atoms with Crippen LogP contribution in [0, 0.1) is 5.92 Å². The quantitative estimate of drug-likeness (QED) is 0.806. The van der Waals surface area contributed by atoms with E-state index in [0.717, 1.165) is 30.6 Å². The molecule has 2 heterocycles. The number of amides is 2. The van der Waals surface area contributed by atoms with Crippen molar-refractivity contribution in [3.63, 3.8) is 0 Å². The van der Waals surface area contributed by atoms with Gasteiger partial charge < -0.3 is 9.80 Å². The molecule has 0 atom stereocenters. The highest BCUT2D eigenvalue weighted by Gasteiger charge is 2.37. The van der Waals surface area contributed by atoms with E-state index in [2.05, 4.69) is 17.0 Å². The lowest BCUT2D eigenvalue weighted by Gasteiger charge is -2.34. The first-order valence-corrected chi connectivity index (χ1v) is 10.3. The van der Waals surface area contributed by atoms with Crippen molar-refractivity contribution in [1.29, 1.82) is 0 Å². The molecule has 136 valence electrons. The second kappa shape index (κ2) is 7.62. The number of thiophene rings is 1. The summed E-state index contributed by atoms with van der Waals surface area (Å²) in [6.45, 7) is 2.06. The summed E-state index contributed by atoms with van der Waals surface area (Å²) >= 11 is 1.48. The van der Waals surface area contributed by atoms with Crippen LogP contribution in [0.15, 0.2) is 47.8 Å². The minimum Gasteiger partial charge on any atom is -0.338 e. The van der Waals surface area contributed by atoms with Gasteiger partial charge in [-0.3, -0.25) is 9.59 Å². The summed E-state index contributed by atoms with van der Waals surface area (Å²) in [6.07, 6.45) is 3.78. The van der Waals surface area contributed by atoms with E-state index in [1.54, 1.807) is 0 Å². The van der Waals surface area contributed by atoms with Gasteiger partial charge in [0.2, 0.25) is 5.91 Å². The van der Waals surface area contributed by atoms with Gasteiger partial charge in [0.15, 0.2) is 0 Å². The van der Waals surface area contributed by atoms with Crippen molar-refractivity contribution >= 4 is 23.2 Å². The van der Waals surface area contributed by atoms with E-state index in [9.17, 15) is 9.59 Å². The molecule has 0 bridgehead atoms. The smallest absolute Gasteiger partial charge is 0.263 e. The summed E-state index contributed by atoms with van der Waals surface area (Å²) in [5, 5.41) is 1.93. The summed E-state index contributed by atoms with van der Waals surface area (Å²) in [4.78, 5) is 30.4. The minimum absolute atomic E-state index is 0.0479. The Kier molecular flexibility index (Phi) is 5.07. The van der Waals surface area contributed by atoms with Gasteiger partial charge in [-0.25, -0.2) is 0 Å². The number of piperidine rings is 1. The van der Waals surface area contributed by atoms with Gasteiger partial charge in [0.25, 0.3) is 5.91 Å². The maximum Gasteiger partial charge on any atom is 0.263 e. The number of carbonyl (C=O) groups is 2. The zero-order chi connectivity index (χ0) is 17.9. The molecular formula is C21H24N2O2S. The minimum atomic E-state index is 0.0479. The molecule has 4 nitrogen and oxygen atoms in total. The lowest BCUT2D eigenvalue weighted by atomic mass is 9.94. The normalized spacial score (nSPS) is 17.9. The van der Waals surface area contributed by atoms with Crippen LogP contribution in [0.2, 0.25) is 0 Å². The SMILES string of the molecule is O=C(c1cccs1)N1CCC(C(=O)N(Cc2ccccc2)C2CC2)CC1. The average molecular weight is 369 g/mol. The van der Waals surface area contributed by atoms with Crippen LogP contribution < -0.4 is 0 Å². The predicted octanol–water partition coefficient (Wildman–Crippen LogP) is 3.79. The molecular weight excluding hydrogens is 344 g/mol. The largest absolute Gasteiger partial charge is 0.338 e. The second-order valence-electron chi connectivity index (χ2n) is 7.23. The lowest BCUT2D eigenvalue weighted by Crippen LogP contribution is -2.44. The van der Waals surface area contributed by atoms with E-state index in [-0.39, 0.29) is 17.7 Å². The summed E-state index contributed by atoms with van der Waals surface area (Å²) in [7, 11) is 0. The van der Waals surface area contributed by atoms with Crippen LogP contribution in [0.4, 0.5) is 0 Å². The number of carbonyl (C=O) groups excluding carboxylic acids is 2. The first-order chi connectivity index (χ1) is 12.7. The molecule has 0 N–H and O–H groups in total. The Morgan fingerprint density at radius 2 is 1.73 bits per heavy atom. The van der Waals surface area contributed by atoms with Gasteiger partial charge in [-0.2, -0.15) is 0 Å². The molecule has 2 aromatic rings. The van der Waals surface area contributed by atoms with Gasteiger partial charge >= 0.3 is 0 Å². The van der Waals surface area contributed by atoms with E-state index in [0.29, 0.717) is 25.7 Å². The van der Waals surface area contributed by atoms with Gasteiger partial charge in [-0.05, 0) is 42.7 Å². The molecule has 2 fully saturated rings. The van der Waals surface area contributed by atoms with E-state index < -0.39 is 0 Å². The maximum atomic E-state index is 13.1. The van der Waals surface area contributed by atoms with Crippen molar-refractivity contribution < 1.29 is 9.59 Å². The Morgan fingerprint density at radius 3 is 2.35 bits per heavy atom. The first kappa shape index (κ1) is 17.3. The molecule has 4 rings (SSSR count). The van der Waals surface area contributed by atoms with E-state index in [4.69, 9.17) is 0 Å². The Labute approximate surface area is 158 Å². The third kappa shape index (κ3) is 3.83. The van der Waals surface area contributed by atoms with Crippen molar-refractivity contribution in [3.05, 3.63) is 58.3 Å². The van der Waals surface area contributed by atoms with Crippen LogP contribution in [0.25, 0.3) is 0 Å². The fourth-order valence-corrected chi connectivity index (χ4v) is 4.36. The van der Waals surface area contributed by atoms with Crippen LogP contribution >= 0.6 is 11.3 Å². The monoisotopic (exact) mass is 368 g/mol. The average Bonchev–Trinajstić information content (AvgIpc) is 3.39. The van der Waals surface area contributed by atoms with Crippen molar-refractivity contribution in [2.24, 2.45) is 5.92 Å². The van der Waals surface area contributed by atoms with E-state index in [1.165, 1.54) is 16.9 Å². The van der Waals surface area contributed by atoms with Crippen molar-refractivity contribution in [2.45, 2.75) is 38.3 Å². The molecule has 5 heteroatoms. The van der Waals surface area contributed by atoms with Crippen LogP contribution in [-0.4, -0.2) is 40.7 Å². The zero-order valence-corrected chi connectivity index (χ0v) is 15.7. The highest BCUT2D eigenvalue weighted by molar-refractivity contribution is 7.12. The van der Waals surface area contributed by atoms with Gasteiger partial charge in [-0.1, -0.05) is 36.4 Å². The third-order valence-corrected chi connectivity index (χ3v) is 6.19. The van der Waals surface area contributed by atoms with Crippen molar-refractivity contribution in [1.82, 2.24) is 9.80 Å². The fourth-order valence-electron chi connectivity index (χ4n) is 3.67. The van der Waals surface area contributed by atoms with Crippen molar-refractivity contribution in [3.8, 4) is 0 Å². The summed E-state index contributed by atoms with van der Waals surface area (Å²) in [5.74, 6) is 0.431. The van der Waals surface area contributed by atoms with E-state index in [1.807, 2.05) is 40.6 Å². The molecule has 1 saturated heterocycles. The number of hydrogen-bond donors (Lipinski definition) is 0. The Hall–Kier alpha value is -2.14. The number of nitrogens with zero attached hydrogens (tertiary/aromatic N) is 2. The van der Waals surface area contributed by atoms with Crippen LogP contribution in [0.5, 0.6) is 0 Å². The molecule has 1 aromatic carbocycles.